The summed E-state index contributed by atoms with van der Waals surface area (Å²) in [6.45, 7) is 10.2. The lowest BCUT2D eigenvalue weighted by atomic mass is 9.85. The van der Waals surface area contributed by atoms with Crippen molar-refractivity contribution >= 4 is 18.7 Å². The predicted octanol–water partition coefficient (Wildman–Crippen LogP) is 4.93. The molecule has 2 aromatic carbocycles. The molecule has 2 aliphatic rings. The van der Waals surface area contributed by atoms with Gasteiger partial charge < -0.3 is 9.16 Å². The molecule has 29 heavy (non-hydrogen) atoms. The molecule has 1 fully saturated rings. The SMILES string of the molecule is C[C@@H]1[C@H](CO[Si](c2ccccc2)(c2ccccc2)C(C)(C)C)[C@H]2CC=CC[C@@H]1O2. The topological polar surface area (TPSA) is 18.5 Å². The van der Waals surface area contributed by atoms with Gasteiger partial charge in [0.05, 0.1) is 12.2 Å². The number of fused-ring (bicyclic) bond motifs is 2. The van der Waals surface area contributed by atoms with Crippen LogP contribution in [0, 0.1) is 11.8 Å². The number of benzene rings is 2. The van der Waals surface area contributed by atoms with Crippen LogP contribution in [0.3, 0.4) is 0 Å². The highest BCUT2D eigenvalue weighted by atomic mass is 28.4. The van der Waals surface area contributed by atoms with Crippen LogP contribution in [-0.2, 0) is 9.16 Å². The maximum atomic E-state index is 7.20. The van der Waals surface area contributed by atoms with Gasteiger partial charge in [-0.15, -0.1) is 0 Å². The molecule has 2 aromatic rings. The van der Waals surface area contributed by atoms with E-state index in [2.05, 4.69) is 101 Å². The minimum Gasteiger partial charge on any atom is -0.407 e. The van der Waals surface area contributed by atoms with Crippen molar-refractivity contribution in [2.75, 3.05) is 6.61 Å². The molecule has 3 heteroatoms. The van der Waals surface area contributed by atoms with E-state index in [-0.39, 0.29) is 11.1 Å². The van der Waals surface area contributed by atoms with E-state index < -0.39 is 8.32 Å². The number of ether oxygens (including phenoxy) is 1. The molecule has 2 nitrogen and oxygen atoms in total. The molecule has 2 aliphatic heterocycles. The summed E-state index contributed by atoms with van der Waals surface area (Å²) in [5, 5.41) is 2.72. The van der Waals surface area contributed by atoms with Crippen LogP contribution in [0.5, 0.6) is 0 Å². The molecule has 0 unspecified atom stereocenters. The van der Waals surface area contributed by atoms with Gasteiger partial charge in [0.1, 0.15) is 0 Å². The van der Waals surface area contributed by atoms with E-state index in [9.17, 15) is 0 Å². The first-order valence-electron chi connectivity index (χ1n) is 11.0. The molecule has 0 N–H and O–H groups in total. The van der Waals surface area contributed by atoms with Gasteiger partial charge in [-0.25, -0.2) is 0 Å². The summed E-state index contributed by atoms with van der Waals surface area (Å²) in [7, 11) is -2.48. The van der Waals surface area contributed by atoms with E-state index in [4.69, 9.17) is 9.16 Å². The Kier molecular flexibility index (Phi) is 5.83. The van der Waals surface area contributed by atoms with Crippen LogP contribution < -0.4 is 10.4 Å². The van der Waals surface area contributed by atoms with Crippen LogP contribution in [0.15, 0.2) is 72.8 Å². The third-order valence-corrected chi connectivity index (χ3v) is 11.9. The van der Waals surface area contributed by atoms with Gasteiger partial charge >= 0.3 is 0 Å². The average molecular weight is 407 g/mol. The van der Waals surface area contributed by atoms with Crippen molar-refractivity contribution in [3.8, 4) is 0 Å². The van der Waals surface area contributed by atoms with E-state index in [1.54, 1.807) is 0 Å². The smallest absolute Gasteiger partial charge is 0.261 e. The van der Waals surface area contributed by atoms with Crippen LogP contribution in [0.25, 0.3) is 0 Å². The first-order chi connectivity index (χ1) is 13.9. The largest absolute Gasteiger partial charge is 0.407 e. The first kappa shape index (κ1) is 20.6. The summed E-state index contributed by atoms with van der Waals surface area (Å²) in [6.07, 6.45) is 7.26. The standard InChI is InChI=1S/C26H34O2Si/c1-20-23(25-18-12-11-17-24(20)28-25)19-27-29(26(2,3)4,21-13-7-5-8-14-21)22-15-9-6-10-16-22/h5-16,20,23-25H,17-19H2,1-4H3/t20-,23+,24+,25-/m1/s1. The Morgan fingerprint density at radius 1 is 0.862 bits per heavy atom. The maximum absolute atomic E-state index is 7.20. The van der Waals surface area contributed by atoms with Gasteiger partial charge in [-0.3, -0.25) is 0 Å². The van der Waals surface area contributed by atoms with Crippen molar-refractivity contribution < 1.29 is 9.16 Å². The predicted molar refractivity (Wildman–Crippen MR) is 123 cm³/mol. The Morgan fingerprint density at radius 2 is 1.38 bits per heavy atom. The lowest BCUT2D eigenvalue weighted by molar-refractivity contribution is 0.0324. The van der Waals surface area contributed by atoms with Gasteiger partial charge in [-0.05, 0) is 34.2 Å². The van der Waals surface area contributed by atoms with E-state index in [0.717, 1.165) is 19.4 Å². The average Bonchev–Trinajstić information content (AvgIpc) is 2.87. The van der Waals surface area contributed by atoms with E-state index in [1.165, 1.54) is 10.4 Å². The molecule has 0 amide bonds. The van der Waals surface area contributed by atoms with Gasteiger partial charge in [0.2, 0.25) is 0 Å². The Bertz CT molecular complexity index is 785. The second-order valence-electron chi connectivity index (χ2n) is 9.65. The normalized spacial score (nSPS) is 27.0. The van der Waals surface area contributed by atoms with Crippen molar-refractivity contribution in [1.82, 2.24) is 0 Å². The zero-order valence-corrected chi connectivity index (χ0v) is 19.2. The van der Waals surface area contributed by atoms with Gasteiger partial charge in [-0.2, -0.15) is 0 Å². The fourth-order valence-electron chi connectivity index (χ4n) is 5.27. The molecule has 0 aromatic heterocycles. The second-order valence-corrected chi connectivity index (χ2v) is 14.0. The summed E-state index contributed by atoms with van der Waals surface area (Å²) >= 11 is 0. The lowest BCUT2D eigenvalue weighted by Gasteiger charge is -2.44. The molecule has 0 saturated carbocycles. The highest BCUT2D eigenvalue weighted by Crippen LogP contribution is 2.41. The van der Waals surface area contributed by atoms with Crippen LogP contribution in [0.4, 0.5) is 0 Å². The summed E-state index contributed by atoms with van der Waals surface area (Å²) in [5.41, 5.74) is 0. The molecule has 0 spiro atoms. The Labute approximate surface area is 177 Å². The summed E-state index contributed by atoms with van der Waals surface area (Å²) in [5.74, 6) is 0.981. The molecular formula is C26H34O2Si. The van der Waals surface area contributed by atoms with Crippen molar-refractivity contribution in [3.05, 3.63) is 72.8 Å². The third kappa shape index (κ3) is 3.76. The van der Waals surface area contributed by atoms with E-state index >= 15 is 0 Å². The Hall–Kier alpha value is -1.68. The summed E-state index contributed by atoms with van der Waals surface area (Å²) in [6, 6.07) is 21.9. The highest BCUT2D eigenvalue weighted by Gasteiger charge is 2.51. The third-order valence-electron chi connectivity index (χ3n) is 6.90. The molecule has 4 rings (SSSR count). The molecule has 2 heterocycles. The minimum absolute atomic E-state index is 0.0181. The van der Waals surface area contributed by atoms with Crippen LogP contribution in [0.2, 0.25) is 5.04 Å². The molecule has 0 radical (unpaired) electrons. The van der Waals surface area contributed by atoms with Crippen molar-refractivity contribution in [3.63, 3.8) is 0 Å². The zero-order valence-electron chi connectivity index (χ0n) is 18.2. The number of rotatable bonds is 5. The fraction of sp³-hybridized carbons (Fsp3) is 0.462. The second kappa shape index (κ2) is 8.21. The Morgan fingerprint density at radius 3 is 1.90 bits per heavy atom. The molecular weight excluding hydrogens is 372 g/mol. The Balaban J connectivity index is 1.72. The van der Waals surface area contributed by atoms with Gasteiger partial charge in [0, 0.05) is 12.5 Å². The molecule has 154 valence electrons. The molecule has 2 bridgehead atoms. The molecule has 4 atom stereocenters. The first-order valence-corrected chi connectivity index (χ1v) is 12.9. The van der Waals surface area contributed by atoms with Crippen molar-refractivity contribution in [2.24, 2.45) is 11.8 Å². The lowest BCUT2D eigenvalue weighted by Crippen LogP contribution is -2.67. The van der Waals surface area contributed by atoms with Crippen LogP contribution in [0.1, 0.15) is 40.5 Å². The molecule has 1 saturated heterocycles. The van der Waals surface area contributed by atoms with Gasteiger partial charge in [-0.1, -0.05) is 101 Å². The monoisotopic (exact) mass is 406 g/mol. The van der Waals surface area contributed by atoms with Crippen molar-refractivity contribution in [2.45, 2.75) is 57.8 Å². The summed E-state index contributed by atoms with van der Waals surface area (Å²) < 4.78 is 13.6. The van der Waals surface area contributed by atoms with Gasteiger partial charge in [0.15, 0.2) is 0 Å². The zero-order chi connectivity index (χ0) is 20.5. The van der Waals surface area contributed by atoms with Gasteiger partial charge in [0.25, 0.3) is 8.32 Å². The summed E-state index contributed by atoms with van der Waals surface area (Å²) in [4.78, 5) is 0. The molecule has 0 aliphatic carbocycles. The van der Waals surface area contributed by atoms with E-state index in [1.807, 2.05) is 0 Å². The van der Waals surface area contributed by atoms with Crippen LogP contribution >= 0.6 is 0 Å². The number of hydrogen-bond acceptors (Lipinski definition) is 2. The fourth-order valence-corrected chi connectivity index (χ4v) is 9.86. The quantitative estimate of drug-likeness (QED) is 0.518. The van der Waals surface area contributed by atoms with Crippen LogP contribution in [-0.4, -0.2) is 27.1 Å². The van der Waals surface area contributed by atoms with Crippen molar-refractivity contribution in [1.29, 1.82) is 0 Å². The minimum atomic E-state index is -2.48. The van der Waals surface area contributed by atoms with E-state index in [0.29, 0.717) is 17.9 Å². The highest BCUT2D eigenvalue weighted by molar-refractivity contribution is 6.99. The maximum Gasteiger partial charge on any atom is 0.261 e. The number of hydrogen-bond donors (Lipinski definition) is 0.